The molecule has 1 aromatic carbocycles. The van der Waals surface area contributed by atoms with Gasteiger partial charge in [0.05, 0.1) is 22.8 Å². The highest BCUT2D eigenvalue weighted by atomic mass is 79.9. The van der Waals surface area contributed by atoms with Gasteiger partial charge in [-0.1, -0.05) is 0 Å². The SMILES string of the molecule is CN(C1CCOC1)S(=O)(=O)c1cc(Br)c(F)cc1N. The largest absolute Gasteiger partial charge is 0.398 e. The minimum atomic E-state index is -3.76. The maximum absolute atomic E-state index is 13.3. The van der Waals surface area contributed by atoms with Gasteiger partial charge in [0, 0.05) is 13.7 Å². The number of rotatable bonds is 3. The summed E-state index contributed by atoms with van der Waals surface area (Å²) in [6, 6.07) is 1.97. The van der Waals surface area contributed by atoms with Crippen molar-refractivity contribution in [3.8, 4) is 0 Å². The highest BCUT2D eigenvalue weighted by molar-refractivity contribution is 9.10. The van der Waals surface area contributed by atoms with Crippen LogP contribution in [0, 0.1) is 5.82 Å². The quantitative estimate of drug-likeness (QED) is 0.838. The van der Waals surface area contributed by atoms with Crippen LogP contribution in [0.5, 0.6) is 0 Å². The van der Waals surface area contributed by atoms with E-state index in [0.29, 0.717) is 19.6 Å². The Morgan fingerprint density at radius 3 is 2.79 bits per heavy atom. The molecule has 0 bridgehead atoms. The van der Waals surface area contributed by atoms with E-state index in [4.69, 9.17) is 10.5 Å². The molecule has 2 rings (SSSR count). The third-order valence-electron chi connectivity index (χ3n) is 3.13. The van der Waals surface area contributed by atoms with Crippen LogP contribution in [0.1, 0.15) is 6.42 Å². The smallest absolute Gasteiger partial charge is 0.245 e. The van der Waals surface area contributed by atoms with Gasteiger partial charge in [0.2, 0.25) is 10.0 Å². The molecule has 1 aromatic rings. The number of benzene rings is 1. The number of nitrogens with two attached hydrogens (primary N) is 1. The number of likely N-dealkylation sites (N-methyl/N-ethyl adjacent to an activating group) is 1. The van der Waals surface area contributed by atoms with E-state index in [1.54, 1.807) is 0 Å². The van der Waals surface area contributed by atoms with Crippen LogP contribution in [-0.2, 0) is 14.8 Å². The molecule has 5 nitrogen and oxygen atoms in total. The number of halogens is 2. The summed E-state index contributed by atoms with van der Waals surface area (Å²) in [6.07, 6.45) is 0.637. The molecule has 8 heteroatoms. The molecule has 0 aliphatic carbocycles. The average molecular weight is 353 g/mol. The first-order valence-electron chi connectivity index (χ1n) is 5.64. The third kappa shape index (κ3) is 2.76. The van der Waals surface area contributed by atoms with Crippen LogP contribution in [0.25, 0.3) is 0 Å². The normalized spacial score (nSPS) is 20.1. The van der Waals surface area contributed by atoms with Gasteiger partial charge in [-0.15, -0.1) is 0 Å². The van der Waals surface area contributed by atoms with Gasteiger partial charge < -0.3 is 10.5 Å². The Hall–Kier alpha value is -0.700. The molecule has 0 radical (unpaired) electrons. The number of hydrogen-bond donors (Lipinski definition) is 1. The summed E-state index contributed by atoms with van der Waals surface area (Å²) in [4.78, 5) is -0.102. The predicted octanol–water partition coefficient (Wildman–Crippen LogP) is 1.58. The number of hydrogen-bond acceptors (Lipinski definition) is 4. The van der Waals surface area contributed by atoms with Crippen molar-refractivity contribution in [2.45, 2.75) is 17.4 Å². The van der Waals surface area contributed by atoms with Crippen LogP contribution in [0.15, 0.2) is 21.5 Å². The lowest BCUT2D eigenvalue weighted by Crippen LogP contribution is -2.37. The first-order valence-corrected chi connectivity index (χ1v) is 7.87. The van der Waals surface area contributed by atoms with Gasteiger partial charge in [-0.3, -0.25) is 0 Å². The Morgan fingerprint density at radius 2 is 2.21 bits per heavy atom. The predicted molar refractivity (Wildman–Crippen MR) is 72.7 cm³/mol. The van der Waals surface area contributed by atoms with E-state index >= 15 is 0 Å². The maximum atomic E-state index is 13.3. The van der Waals surface area contributed by atoms with E-state index in [1.165, 1.54) is 17.4 Å². The summed E-state index contributed by atoms with van der Waals surface area (Å²) >= 11 is 2.97. The number of anilines is 1. The molecule has 1 aliphatic rings. The number of ether oxygens (including phenoxy) is 1. The molecule has 1 saturated heterocycles. The lowest BCUT2D eigenvalue weighted by atomic mass is 10.3. The Kier molecular flexibility index (Phi) is 4.14. The molecule has 1 fully saturated rings. The van der Waals surface area contributed by atoms with Crippen molar-refractivity contribution in [1.29, 1.82) is 0 Å². The molecule has 1 aliphatic heterocycles. The molecule has 1 unspecified atom stereocenters. The summed E-state index contributed by atoms with van der Waals surface area (Å²) in [5, 5.41) is 0. The van der Waals surface area contributed by atoms with E-state index in [1.807, 2.05) is 0 Å². The summed E-state index contributed by atoms with van der Waals surface area (Å²) in [5.41, 5.74) is 5.51. The van der Waals surface area contributed by atoms with Crippen molar-refractivity contribution < 1.29 is 17.5 Å². The fourth-order valence-corrected chi connectivity index (χ4v) is 3.92. The van der Waals surface area contributed by atoms with Gasteiger partial charge in [-0.05, 0) is 34.5 Å². The molecule has 1 atom stereocenters. The van der Waals surface area contributed by atoms with Crippen LogP contribution < -0.4 is 5.73 Å². The maximum Gasteiger partial charge on any atom is 0.245 e. The summed E-state index contributed by atoms with van der Waals surface area (Å²) < 4.78 is 44.7. The molecule has 0 amide bonds. The lowest BCUT2D eigenvalue weighted by molar-refractivity contribution is 0.181. The second-order valence-corrected chi connectivity index (χ2v) is 7.16. The van der Waals surface area contributed by atoms with Gasteiger partial charge in [-0.25, -0.2) is 12.8 Å². The van der Waals surface area contributed by atoms with E-state index in [0.717, 1.165) is 6.07 Å². The molecule has 1 heterocycles. The molecule has 0 aromatic heterocycles. The minimum absolute atomic E-state index is 0.0661. The van der Waals surface area contributed by atoms with Crippen molar-refractivity contribution >= 4 is 31.6 Å². The topological polar surface area (TPSA) is 72.6 Å². The first kappa shape index (κ1) is 14.7. The lowest BCUT2D eigenvalue weighted by Gasteiger charge is -2.23. The van der Waals surface area contributed by atoms with Crippen molar-refractivity contribution in [2.75, 3.05) is 26.0 Å². The summed E-state index contributed by atoms with van der Waals surface area (Å²) in [5.74, 6) is -0.594. The molecule has 0 saturated carbocycles. The molecular weight excluding hydrogens is 339 g/mol. The number of nitrogen functional groups attached to an aromatic ring is 1. The van der Waals surface area contributed by atoms with Crippen LogP contribution in [0.2, 0.25) is 0 Å². The van der Waals surface area contributed by atoms with E-state index in [-0.39, 0.29) is 21.1 Å². The average Bonchev–Trinajstić information content (AvgIpc) is 2.86. The first-order chi connectivity index (χ1) is 8.84. The summed E-state index contributed by atoms with van der Waals surface area (Å²) in [6.45, 7) is 0.894. The molecule has 0 spiro atoms. The van der Waals surface area contributed by atoms with Crippen molar-refractivity contribution in [2.24, 2.45) is 0 Å². The van der Waals surface area contributed by atoms with Crippen molar-refractivity contribution in [1.82, 2.24) is 4.31 Å². The van der Waals surface area contributed by atoms with Gasteiger partial charge >= 0.3 is 0 Å². The second kappa shape index (κ2) is 5.35. The van der Waals surface area contributed by atoms with Gasteiger partial charge in [0.25, 0.3) is 0 Å². The van der Waals surface area contributed by atoms with Crippen LogP contribution in [-0.4, -0.2) is 39.0 Å². The monoisotopic (exact) mass is 352 g/mol. The highest BCUT2D eigenvalue weighted by Gasteiger charge is 2.32. The molecular formula is C11H14BrFN2O3S. The fraction of sp³-hybridized carbons (Fsp3) is 0.455. The van der Waals surface area contributed by atoms with E-state index in [2.05, 4.69) is 15.9 Å². The number of nitrogens with zero attached hydrogens (tertiary/aromatic N) is 1. The van der Waals surface area contributed by atoms with Gasteiger partial charge in [0.1, 0.15) is 10.7 Å². The van der Waals surface area contributed by atoms with Gasteiger partial charge in [-0.2, -0.15) is 4.31 Å². The van der Waals surface area contributed by atoms with Gasteiger partial charge in [0.15, 0.2) is 0 Å². The van der Waals surface area contributed by atoms with E-state index < -0.39 is 15.8 Å². The van der Waals surface area contributed by atoms with Crippen LogP contribution >= 0.6 is 15.9 Å². The highest BCUT2D eigenvalue weighted by Crippen LogP contribution is 2.29. The zero-order valence-electron chi connectivity index (χ0n) is 10.3. The standard InChI is InChI=1S/C11H14BrFN2O3S/c1-15(7-2-3-18-6-7)19(16,17)11-4-8(12)9(13)5-10(11)14/h4-5,7H,2-3,6,14H2,1H3. The third-order valence-corrected chi connectivity index (χ3v) is 5.70. The van der Waals surface area contributed by atoms with Crippen molar-refractivity contribution in [3.05, 3.63) is 22.4 Å². The second-order valence-electron chi connectivity index (χ2n) is 4.34. The Labute approximate surface area is 119 Å². The Morgan fingerprint density at radius 1 is 1.53 bits per heavy atom. The zero-order valence-corrected chi connectivity index (χ0v) is 12.7. The number of sulfonamides is 1. The van der Waals surface area contributed by atoms with E-state index in [9.17, 15) is 12.8 Å². The molecule has 2 N–H and O–H groups in total. The fourth-order valence-electron chi connectivity index (χ4n) is 1.93. The Balaban J connectivity index is 2.41. The van der Waals surface area contributed by atoms with Crippen LogP contribution in [0.4, 0.5) is 10.1 Å². The zero-order chi connectivity index (χ0) is 14.2. The minimum Gasteiger partial charge on any atom is -0.398 e. The molecule has 106 valence electrons. The Bertz CT molecular complexity index is 588. The van der Waals surface area contributed by atoms with Crippen molar-refractivity contribution in [3.63, 3.8) is 0 Å². The molecule has 19 heavy (non-hydrogen) atoms. The summed E-state index contributed by atoms with van der Waals surface area (Å²) in [7, 11) is -2.28. The van der Waals surface area contributed by atoms with Crippen LogP contribution in [0.3, 0.4) is 0 Å².